The van der Waals surface area contributed by atoms with Crippen molar-refractivity contribution in [3.63, 3.8) is 0 Å². The van der Waals surface area contributed by atoms with Gasteiger partial charge in [0.05, 0.1) is 18.2 Å². The lowest BCUT2D eigenvalue weighted by Gasteiger charge is -2.34. The van der Waals surface area contributed by atoms with E-state index in [4.69, 9.17) is 9.97 Å². The van der Waals surface area contributed by atoms with Crippen molar-refractivity contribution in [2.24, 2.45) is 0 Å². The molecular formula is C31H38N8O. The summed E-state index contributed by atoms with van der Waals surface area (Å²) in [6.07, 6.45) is 2.73. The molecule has 0 radical (unpaired) electrons. The quantitative estimate of drug-likeness (QED) is 0.404. The molecular weight excluding hydrogens is 500 g/mol. The molecule has 208 valence electrons. The van der Waals surface area contributed by atoms with Crippen LogP contribution >= 0.6 is 0 Å². The summed E-state index contributed by atoms with van der Waals surface area (Å²) in [5, 5.41) is 15.7. The van der Waals surface area contributed by atoms with Crippen molar-refractivity contribution < 1.29 is 4.79 Å². The fraction of sp³-hybridized carbons (Fsp3) is 0.419. The number of amides is 1. The number of carbonyl (C=O) groups excluding carboxylic acids is 1. The molecule has 0 aliphatic carbocycles. The normalized spacial score (nSPS) is 17.9. The Labute approximate surface area is 236 Å². The molecule has 40 heavy (non-hydrogen) atoms. The predicted molar refractivity (Wildman–Crippen MR) is 157 cm³/mol. The molecule has 9 heteroatoms. The second-order valence-electron chi connectivity index (χ2n) is 10.6. The number of carbonyl (C=O) groups is 1. The Bertz CT molecular complexity index is 1320. The van der Waals surface area contributed by atoms with E-state index in [1.807, 2.05) is 18.2 Å². The molecule has 9 nitrogen and oxygen atoms in total. The Balaban J connectivity index is 1.13. The fourth-order valence-electron chi connectivity index (χ4n) is 5.39. The van der Waals surface area contributed by atoms with Gasteiger partial charge in [-0.2, -0.15) is 10.2 Å². The van der Waals surface area contributed by atoms with Crippen LogP contribution in [0.3, 0.4) is 0 Å². The molecule has 2 fully saturated rings. The lowest BCUT2D eigenvalue weighted by molar-refractivity contribution is -0.123. The second-order valence-corrected chi connectivity index (χ2v) is 10.6. The molecule has 1 amide bonds. The summed E-state index contributed by atoms with van der Waals surface area (Å²) in [4.78, 5) is 29.3. The first kappa shape index (κ1) is 27.6. The van der Waals surface area contributed by atoms with Crippen LogP contribution in [0.2, 0.25) is 0 Å². The number of nitrogens with zero attached hydrogens (tertiary/aromatic N) is 6. The van der Waals surface area contributed by atoms with Crippen LogP contribution in [-0.4, -0.2) is 77.5 Å². The van der Waals surface area contributed by atoms with E-state index in [1.165, 1.54) is 5.56 Å². The van der Waals surface area contributed by atoms with Gasteiger partial charge in [-0.1, -0.05) is 49.7 Å². The molecule has 2 aliphatic heterocycles. The number of benzene rings is 2. The second kappa shape index (κ2) is 13.4. The van der Waals surface area contributed by atoms with Crippen LogP contribution in [0.1, 0.15) is 36.6 Å². The van der Waals surface area contributed by atoms with Crippen molar-refractivity contribution in [3.8, 4) is 6.07 Å². The SMILES string of the molecule is CCCc1cc(N2CCC(NC(=O)CN3CCN(Cc4ccccc4)CC3)C2)nc(Nc2cccc(C#N)c2)n1. The highest BCUT2D eigenvalue weighted by Gasteiger charge is 2.27. The zero-order valence-electron chi connectivity index (χ0n) is 23.2. The van der Waals surface area contributed by atoms with E-state index in [9.17, 15) is 10.1 Å². The summed E-state index contributed by atoms with van der Waals surface area (Å²) in [6.45, 7) is 8.86. The van der Waals surface area contributed by atoms with Crippen LogP contribution in [0.4, 0.5) is 17.5 Å². The molecule has 3 aromatic rings. The van der Waals surface area contributed by atoms with E-state index in [1.54, 1.807) is 12.1 Å². The average molecular weight is 539 g/mol. The number of aromatic nitrogens is 2. The Morgan fingerprint density at radius 1 is 1.00 bits per heavy atom. The molecule has 2 aromatic carbocycles. The highest BCUT2D eigenvalue weighted by molar-refractivity contribution is 5.78. The third-order valence-corrected chi connectivity index (χ3v) is 7.48. The molecule has 0 saturated carbocycles. The van der Waals surface area contributed by atoms with Gasteiger partial charge in [0, 0.05) is 69.3 Å². The number of piperazine rings is 1. The third-order valence-electron chi connectivity index (χ3n) is 7.48. The van der Waals surface area contributed by atoms with E-state index in [2.05, 4.69) is 68.7 Å². The fourth-order valence-corrected chi connectivity index (χ4v) is 5.39. The van der Waals surface area contributed by atoms with E-state index >= 15 is 0 Å². The first-order valence-corrected chi connectivity index (χ1v) is 14.3. The molecule has 1 aromatic heterocycles. The first-order chi connectivity index (χ1) is 19.6. The number of aryl methyl sites for hydroxylation is 1. The highest BCUT2D eigenvalue weighted by Crippen LogP contribution is 2.23. The van der Waals surface area contributed by atoms with Gasteiger partial charge in [0.25, 0.3) is 0 Å². The van der Waals surface area contributed by atoms with E-state index < -0.39 is 0 Å². The van der Waals surface area contributed by atoms with E-state index in [0.29, 0.717) is 18.1 Å². The molecule has 3 heterocycles. The summed E-state index contributed by atoms with van der Waals surface area (Å²) in [7, 11) is 0. The molecule has 0 spiro atoms. The maximum atomic E-state index is 12.9. The van der Waals surface area contributed by atoms with Gasteiger partial charge in [-0.15, -0.1) is 0 Å². The number of hydrogen-bond acceptors (Lipinski definition) is 8. The lowest BCUT2D eigenvalue weighted by Crippen LogP contribution is -2.50. The van der Waals surface area contributed by atoms with Gasteiger partial charge in [0.1, 0.15) is 5.82 Å². The Morgan fingerprint density at radius 3 is 2.58 bits per heavy atom. The van der Waals surface area contributed by atoms with Gasteiger partial charge >= 0.3 is 0 Å². The molecule has 1 unspecified atom stereocenters. The molecule has 2 saturated heterocycles. The van der Waals surface area contributed by atoms with Gasteiger partial charge in [-0.3, -0.25) is 14.6 Å². The zero-order valence-corrected chi connectivity index (χ0v) is 23.2. The van der Waals surface area contributed by atoms with Gasteiger partial charge in [0.2, 0.25) is 11.9 Å². The minimum absolute atomic E-state index is 0.0949. The van der Waals surface area contributed by atoms with Crippen molar-refractivity contribution in [3.05, 3.63) is 77.5 Å². The standard InChI is InChI=1S/C31H38N8O/c1-2-7-26-19-29(36-31(34-26)35-27-11-6-10-25(18-27)20-32)39-13-12-28(22-39)33-30(40)23-38-16-14-37(15-17-38)21-24-8-4-3-5-9-24/h3-6,8-11,18-19,28H,2,7,12-17,21-23H2,1H3,(H,33,40)(H,34,35,36). The molecule has 5 rings (SSSR count). The minimum Gasteiger partial charge on any atom is -0.354 e. The summed E-state index contributed by atoms with van der Waals surface area (Å²) in [5.74, 6) is 1.48. The summed E-state index contributed by atoms with van der Waals surface area (Å²) < 4.78 is 0. The molecule has 2 aliphatic rings. The highest BCUT2D eigenvalue weighted by atomic mass is 16.2. The first-order valence-electron chi connectivity index (χ1n) is 14.3. The van der Waals surface area contributed by atoms with Gasteiger partial charge in [0.15, 0.2) is 0 Å². The van der Waals surface area contributed by atoms with Crippen LogP contribution in [0.5, 0.6) is 0 Å². The van der Waals surface area contributed by atoms with Crippen LogP contribution in [0, 0.1) is 11.3 Å². The zero-order chi connectivity index (χ0) is 27.7. The van der Waals surface area contributed by atoms with E-state index in [-0.39, 0.29) is 11.9 Å². The third kappa shape index (κ3) is 7.56. The van der Waals surface area contributed by atoms with Crippen molar-refractivity contribution in [2.75, 3.05) is 56.0 Å². The van der Waals surface area contributed by atoms with Crippen molar-refractivity contribution in [1.29, 1.82) is 5.26 Å². The summed E-state index contributed by atoms with van der Waals surface area (Å²) in [5.41, 5.74) is 3.68. The number of nitriles is 1. The molecule has 2 N–H and O–H groups in total. The van der Waals surface area contributed by atoms with Crippen molar-refractivity contribution in [1.82, 2.24) is 25.1 Å². The average Bonchev–Trinajstić information content (AvgIpc) is 3.43. The minimum atomic E-state index is 0.0949. The maximum absolute atomic E-state index is 12.9. The lowest BCUT2D eigenvalue weighted by atomic mass is 10.2. The number of rotatable bonds is 10. The predicted octanol–water partition coefficient (Wildman–Crippen LogP) is 3.56. The van der Waals surface area contributed by atoms with Crippen LogP contribution in [0.15, 0.2) is 60.7 Å². The van der Waals surface area contributed by atoms with Crippen molar-refractivity contribution in [2.45, 2.75) is 38.8 Å². The van der Waals surface area contributed by atoms with Crippen LogP contribution in [0.25, 0.3) is 0 Å². The number of anilines is 3. The monoisotopic (exact) mass is 538 g/mol. The Morgan fingerprint density at radius 2 is 1.80 bits per heavy atom. The molecule has 1 atom stereocenters. The topological polar surface area (TPSA) is 100 Å². The smallest absolute Gasteiger partial charge is 0.234 e. The summed E-state index contributed by atoms with van der Waals surface area (Å²) >= 11 is 0. The Hall–Kier alpha value is -4.00. The van der Waals surface area contributed by atoms with Crippen LogP contribution in [-0.2, 0) is 17.8 Å². The van der Waals surface area contributed by atoms with Gasteiger partial charge in [-0.25, -0.2) is 4.98 Å². The number of nitrogens with one attached hydrogen (secondary N) is 2. The number of hydrogen-bond donors (Lipinski definition) is 2. The van der Waals surface area contributed by atoms with E-state index in [0.717, 1.165) is 82.3 Å². The van der Waals surface area contributed by atoms with Gasteiger partial charge < -0.3 is 15.5 Å². The van der Waals surface area contributed by atoms with Gasteiger partial charge in [-0.05, 0) is 36.6 Å². The Kier molecular flexibility index (Phi) is 9.22. The summed E-state index contributed by atoms with van der Waals surface area (Å²) in [6, 6.07) is 22.2. The maximum Gasteiger partial charge on any atom is 0.234 e. The molecule has 0 bridgehead atoms. The van der Waals surface area contributed by atoms with Crippen LogP contribution < -0.4 is 15.5 Å². The van der Waals surface area contributed by atoms with Crippen molar-refractivity contribution >= 4 is 23.4 Å². The largest absolute Gasteiger partial charge is 0.354 e.